The van der Waals surface area contributed by atoms with Gasteiger partial charge in [0.15, 0.2) is 5.82 Å². The van der Waals surface area contributed by atoms with Crippen molar-refractivity contribution in [1.82, 2.24) is 9.97 Å². The zero-order chi connectivity index (χ0) is 21.3. The van der Waals surface area contributed by atoms with Crippen molar-refractivity contribution in [2.75, 3.05) is 43.2 Å². The molecule has 0 unspecified atom stereocenters. The maximum absolute atomic E-state index is 11.4. The van der Waals surface area contributed by atoms with E-state index in [2.05, 4.69) is 47.9 Å². The van der Waals surface area contributed by atoms with Crippen LogP contribution in [0.3, 0.4) is 0 Å². The molecular weight excluding hydrogens is 380 g/mol. The minimum Gasteiger partial charge on any atom is -0.478 e. The summed E-state index contributed by atoms with van der Waals surface area (Å²) < 4.78 is 5.44. The van der Waals surface area contributed by atoms with Crippen molar-refractivity contribution in [2.45, 2.75) is 19.9 Å². The molecule has 30 heavy (non-hydrogen) atoms. The van der Waals surface area contributed by atoms with Crippen molar-refractivity contribution in [3.63, 3.8) is 0 Å². The Morgan fingerprint density at radius 2 is 1.77 bits per heavy atom. The molecule has 1 N–H and O–H groups in total. The number of rotatable bonds is 5. The summed E-state index contributed by atoms with van der Waals surface area (Å²) in [4.78, 5) is 25.4. The summed E-state index contributed by atoms with van der Waals surface area (Å²) in [5.41, 5.74) is 4.39. The normalized spacial score (nSPS) is 14.3. The molecule has 156 valence electrons. The third kappa shape index (κ3) is 3.93. The van der Waals surface area contributed by atoms with E-state index in [9.17, 15) is 9.90 Å². The first-order valence-electron chi connectivity index (χ1n) is 10.1. The number of benzene rings is 2. The predicted molar refractivity (Wildman–Crippen MR) is 119 cm³/mol. The average molecular weight is 406 g/mol. The lowest BCUT2D eigenvalue weighted by Gasteiger charge is -2.29. The molecule has 4 rings (SSSR count). The fourth-order valence-corrected chi connectivity index (χ4v) is 3.51. The summed E-state index contributed by atoms with van der Waals surface area (Å²) in [7, 11) is 1.98. The van der Waals surface area contributed by atoms with Crippen LogP contribution in [0.4, 0.5) is 11.5 Å². The molecule has 0 amide bonds. The molecule has 7 nitrogen and oxygen atoms in total. The summed E-state index contributed by atoms with van der Waals surface area (Å²) in [5, 5.41) is 9.31. The van der Waals surface area contributed by atoms with Crippen LogP contribution in [0.2, 0.25) is 0 Å². The Balaban J connectivity index is 1.78. The van der Waals surface area contributed by atoms with Crippen molar-refractivity contribution in [3.8, 4) is 11.3 Å². The van der Waals surface area contributed by atoms with E-state index in [0.717, 1.165) is 43.4 Å². The van der Waals surface area contributed by atoms with Gasteiger partial charge in [-0.2, -0.15) is 0 Å². The zero-order valence-electron chi connectivity index (χ0n) is 17.5. The van der Waals surface area contributed by atoms with Crippen LogP contribution in [0.5, 0.6) is 0 Å². The Bertz CT molecular complexity index is 1060. The van der Waals surface area contributed by atoms with E-state index in [-0.39, 0.29) is 11.6 Å². The van der Waals surface area contributed by atoms with Gasteiger partial charge in [-0.15, -0.1) is 0 Å². The first-order valence-corrected chi connectivity index (χ1v) is 10.1. The molecule has 0 saturated carbocycles. The minimum absolute atomic E-state index is 0.206. The molecule has 1 aromatic heterocycles. The third-order valence-corrected chi connectivity index (χ3v) is 5.52. The van der Waals surface area contributed by atoms with Crippen LogP contribution in [0.1, 0.15) is 24.2 Å². The standard InChI is InChI=1S/C23H26N4O3/c1-15(2)26(3)22-21(24-19-9-6-17(23(28)29)14-20(19)25-22)16-4-7-18(8-5-16)27-10-12-30-13-11-27/h4-9,14-15H,10-13H2,1-3H3,(H,28,29). The number of carboxylic acids is 1. The Morgan fingerprint density at radius 1 is 1.07 bits per heavy atom. The lowest BCUT2D eigenvalue weighted by atomic mass is 10.1. The van der Waals surface area contributed by atoms with Gasteiger partial charge in [0.05, 0.1) is 29.8 Å². The highest BCUT2D eigenvalue weighted by Crippen LogP contribution is 2.31. The summed E-state index contributed by atoms with van der Waals surface area (Å²) >= 11 is 0. The highest BCUT2D eigenvalue weighted by Gasteiger charge is 2.18. The van der Waals surface area contributed by atoms with E-state index in [4.69, 9.17) is 14.7 Å². The largest absolute Gasteiger partial charge is 0.478 e. The number of hydrogen-bond acceptors (Lipinski definition) is 6. The lowest BCUT2D eigenvalue weighted by molar-refractivity contribution is 0.0697. The van der Waals surface area contributed by atoms with E-state index < -0.39 is 5.97 Å². The SMILES string of the molecule is CC(C)N(C)c1nc2cc(C(=O)O)ccc2nc1-c1ccc(N2CCOCC2)cc1. The fraction of sp³-hybridized carbons (Fsp3) is 0.348. The Hall–Kier alpha value is -3.19. The highest BCUT2D eigenvalue weighted by molar-refractivity contribution is 5.93. The molecule has 2 aromatic carbocycles. The van der Waals surface area contributed by atoms with Crippen molar-refractivity contribution < 1.29 is 14.6 Å². The van der Waals surface area contributed by atoms with Gasteiger partial charge < -0.3 is 19.6 Å². The average Bonchev–Trinajstić information content (AvgIpc) is 2.78. The van der Waals surface area contributed by atoms with Gasteiger partial charge in [-0.3, -0.25) is 0 Å². The predicted octanol–water partition coefficient (Wildman–Crippen LogP) is 3.68. The number of anilines is 2. The van der Waals surface area contributed by atoms with E-state index in [1.165, 1.54) is 5.69 Å². The van der Waals surface area contributed by atoms with E-state index in [0.29, 0.717) is 11.0 Å². The Morgan fingerprint density at radius 3 is 2.40 bits per heavy atom. The van der Waals surface area contributed by atoms with Crippen molar-refractivity contribution >= 4 is 28.5 Å². The Labute approximate surface area is 175 Å². The molecule has 1 aliphatic rings. The molecular formula is C23H26N4O3. The summed E-state index contributed by atoms with van der Waals surface area (Å²) in [6.07, 6.45) is 0. The van der Waals surface area contributed by atoms with Gasteiger partial charge in [-0.05, 0) is 44.2 Å². The van der Waals surface area contributed by atoms with E-state index in [1.807, 2.05) is 7.05 Å². The van der Waals surface area contributed by atoms with Crippen LogP contribution in [0.15, 0.2) is 42.5 Å². The second-order valence-electron chi connectivity index (χ2n) is 7.76. The molecule has 3 aromatic rings. The van der Waals surface area contributed by atoms with Crippen LogP contribution >= 0.6 is 0 Å². The number of nitrogens with zero attached hydrogens (tertiary/aromatic N) is 4. The number of fused-ring (bicyclic) bond motifs is 1. The Kier molecular flexibility index (Phi) is 5.55. The fourth-order valence-electron chi connectivity index (χ4n) is 3.51. The van der Waals surface area contributed by atoms with Crippen LogP contribution in [0, 0.1) is 0 Å². The summed E-state index contributed by atoms with van der Waals surface area (Å²) in [6.45, 7) is 7.46. The molecule has 1 saturated heterocycles. The van der Waals surface area contributed by atoms with Gasteiger partial charge in [0.2, 0.25) is 0 Å². The molecule has 0 atom stereocenters. The summed E-state index contributed by atoms with van der Waals surface area (Å²) in [6, 6.07) is 13.4. The summed E-state index contributed by atoms with van der Waals surface area (Å²) in [5.74, 6) is -0.237. The number of ether oxygens (including phenoxy) is 1. The maximum Gasteiger partial charge on any atom is 0.335 e. The molecule has 0 bridgehead atoms. The first-order chi connectivity index (χ1) is 14.4. The van der Waals surface area contributed by atoms with Gasteiger partial charge in [0, 0.05) is 37.4 Å². The van der Waals surface area contributed by atoms with Gasteiger partial charge in [-0.1, -0.05) is 12.1 Å². The first kappa shape index (κ1) is 20.1. The number of carbonyl (C=O) groups is 1. The van der Waals surface area contributed by atoms with Crippen LogP contribution in [-0.2, 0) is 4.74 Å². The smallest absolute Gasteiger partial charge is 0.335 e. The van der Waals surface area contributed by atoms with E-state index >= 15 is 0 Å². The molecule has 0 spiro atoms. The number of morpholine rings is 1. The second kappa shape index (κ2) is 8.28. The third-order valence-electron chi connectivity index (χ3n) is 5.52. The lowest BCUT2D eigenvalue weighted by Crippen LogP contribution is -2.36. The maximum atomic E-state index is 11.4. The number of aromatic carboxylic acids is 1. The molecule has 1 aliphatic heterocycles. The zero-order valence-corrected chi connectivity index (χ0v) is 17.5. The topological polar surface area (TPSA) is 78.8 Å². The van der Waals surface area contributed by atoms with Crippen molar-refractivity contribution in [3.05, 3.63) is 48.0 Å². The van der Waals surface area contributed by atoms with Gasteiger partial charge in [0.25, 0.3) is 0 Å². The van der Waals surface area contributed by atoms with Crippen molar-refractivity contribution in [2.24, 2.45) is 0 Å². The van der Waals surface area contributed by atoms with Gasteiger partial charge in [-0.25, -0.2) is 14.8 Å². The van der Waals surface area contributed by atoms with Crippen LogP contribution in [-0.4, -0.2) is 60.4 Å². The van der Waals surface area contributed by atoms with Gasteiger partial charge >= 0.3 is 5.97 Å². The van der Waals surface area contributed by atoms with Crippen LogP contribution in [0.25, 0.3) is 22.3 Å². The van der Waals surface area contributed by atoms with Crippen LogP contribution < -0.4 is 9.80 Å². The minimum atomic E-state index is -0.972. The number of hydrogen-bond donors (Lipinski definition) is 1. The van der Waals surface area contributed by atoms with Gasteiger partial charge in [0.1, 0.15) is 5.69 Å². The molecule has 1 fully saturated rings. The second-order valence-corrected chi connectivity index (χ2v) is 7.76. The quantitative estimate of drug-likeness (QED) is 0.692. The van der Waals surface area contributed by atoms with Crippen molar-refractivity contribution in [1.29, 1.82) is 0 Å². The molecule has 0 radical (unpaired) electrons. The number of aromatic nitrogens is 2. The number of carboxylic acid groups (broad SMARTS) is 1. The molecule has 2 heterocycles. The molecule has 0 aliphatic carbocycles. The molecule has 7 heteroatoms. The highest BCUT2D eigenvalue weighted by atomic mass is 16.5. The van der Waals surface area contributed by atoms with E-state index in [1.54, 1.807) is 18.2 Å². The monoisotopic (exact) mass is 406 g/mol.